The van der Waals surface area contributed by atoms with Gasteiger partial charge >= 0.3 is 0 Å². The molecule has 10 N–H and O–H groups in total. The molecule has 0 radical (unpaired) electrons. The van der Waals surface area contributed by atoms with Crippen molar-refractivity contribution in [2.24, 2.45) is 22.6 Å². The van der Waals surface area contributed by atoms with Gasteiger partial charge in [0.1, 0.15) is 55.4 Å². The molecule has 3 aromatic carbocycles. The van der Waals surface area contributed by atoms with Gasteiger partial charge in [-0.1, -0.05) is 57.2 Å². The lowest BCUT2D eigenvalue weighted by atomic mass is 9.88. The van der Waals surface area contributed by atoms with Crippen molar-refractivity contribution in [3.05, 3.63) is 94.8 Å². The highest BCUT2D eigenvalue weighted by Crippen LogP contribution is 2.40. The first-order valence-electron chi connectivity index (χ1n) is 21.9. The summed E-state index contributed by atoms with van der Waals surface area (Å²) in [4.78, 5) is 80.5. The minimum absolute atomic E-state index is 0.000575. The van der Waals surface area contributed by atoms with Gasteiger partial charge < -0.3 is 52.8 Å². The molecule has 1 aliphatic rings. The largest absolute Gasteiger partial charge is 0.492 e. The number of fused-ring (bicyclic) bond motifs is 5. The fraction of sp³-hybridized carbons (Fsp3) is 0.417. The van der Waals surface area contributed by atoms with E-state index in [1.807, 2.05) is 30.3 Å². The average Bonchev–Trinajstić information content (AvgIpc) is 3.28. The summed E-state index contributed by atoms with van der Waals surface area (Å²) in [7, 11) is 1.41. The second kappa shape index (κ2) is 22.8. The Balaban J connectivity index is 1.54. The molecule has 1 aliphatic heterocycles. The van der Waals surface area contributed by atoms with E-state index in [4.69, 9.17) is 31.9 Å². The minimum Gasteiger partial charge on any atom is -0.492 e. The summed E-state index contributed by atoms with van der Waals surface area (Å²) in [6.45, 7) is 10.0. The van der Waals surface area contributed by atoms with E-state index in [1.54, 1.807) is 43.3 Å². The third-order valence-corrected chi connectivity index (χ3v) is 10.8. The number of hydrogen-bond acceptors (Lipinski definition) is 13. The smallest absolute Gasteiger partial charge is 0.255 e. The molecule has 5 rings (SSSR count). The molecule has 66 heavy (non-hydrogen) atoms. The molecule has 2 heterocycles. The van der Waals surface area contributed by atoms with Gasteiger partial charge in [0.15, 0.2) is 5.82 Å². The number of nitrogens with zero attached hydrogens (tertiary/aromatic N) is 4. The van der Waals surface area contributed by atoms with Crippen LogP contribution >= 0.6 is 0 Å². The lowest BCUT2D eigenvalue weighted by molar-refractivity contribution is -0.141. The molecule has 18 nitrogen and oxygen atoms in total. The fourth-order valence-electron chi connectivity index (χ4n) is 7.58. The zero-order valence-electron chi connectivity index (χ0n) is 38.4. The monoisotopic (exact) mass is 903 g/mol. The maximum absolute atomic E-state index is 14.7. The first kappa shape index (κ1) is 50.1. The number of aromatic nitrogens is 2. The Hall–Kier alpha value is -6.94. The predicted octanol–water partition coefficient (Wildman–Crippen LogP) is 2.21. The standard InChI is InChI=1S/C48H61N11O7/c1-28-36(27-54-42(55-28)32-10-7-30(8-11-32)26-48(3,4)5)44(61)57-37(15-16-49)47(64)59(6)41-33-12-14-40(66-22-19-52)35(25-33)34-23-31(9-13-39(34)65-21-18-51)24-38(45(62)53-20-17-50)58-43(60)29(2)56-46(41)63/h7-14,23,25,27,29,37-38,41H,15-16,18-22,24,26,49,51-52H2,1-6H3,(H,53,62)(H,56,63)(H,57,61)(H,58,60)/t29-,37-,38-,41-/m0/s1. The number of rotatable bonds is 16. The van der Waals surface area contributed by atoms with Crippen molar-refractivity contribution in [1.29, 1.82) is 5.26 Å². The van der Waals surface area contributed by atoms with Crippen LogP contribution in [0, 0.1) is 23.7 Å². The SMILES string of the molecule is Cc1nc(-c2ccc(CC(C)(C)C)cc2)ncc1C(=O)N[C@@H](CCN)C(=O)N(C)[C@@H]1C(=O)N[C@@H](C)C(=O)N[C@H](C(=O)NCC#N)Cc2ccc(OCCN)c(c2)-c2cc1ccc2OCCN. The van der Waals surface area contributed by atoms with Crippen molar-refractivity contribution in [3.8, 4) is 40.1 Å². The van der Waals surface area contributed by atoms with Gasteiger partial charge in [0.2, 0.25) is 23.6 Å². The number of carbonyl (C=O) groups excluding carboxylic acids is 5. The van der Waals surface area contributed by atoms with Crippen LogP contribution in [-0.4, -0.2) is 109 Å². The van der Waals surface area contributed by atoms with Gasteiger partial charge in [0.25, 0.3) is 5.91 Å². The quantitative estimate of drug-likeness (QED) is 0.0796. The molecule has 0 fully saturated rings. The Labute approximate surface area is 385 Å². The Bertz CT molecular complexity index is 2430. The van der Waals surface area contributed by atoms with Crippen LogP contribution in [0.25, 0.3) is 22.5 Å². The summed E-state index contributed by atoms with van der Waals surface area (Å²) in [5, 5.41) is 19.9. The van der Waals surface area contributed by atoms with E-state index in [0.29, 0.717) is 45.3 Å². The summed E-state index contributed by atoms with van der Waals surface area (Å²) in [6.07, 6.45) is 2.32. The van der Waals surface area contributed by atoms with Crippen LogP contribution in [-0.2, 0) is 32.0 Å². The minimum atomic E-state index is -1.40. The summed E-state index contributed by atoms with van der Waals surface area (Å²) >= 11 is 0. The normalized spacial score (nSPS) is 16.6. The van der Waals surface area contributed by atoms with Gasteiger partial charge in [-0.3, -0.25) is 24.0 Å². The molecule has 5 amide bonds. The van der Waals surface area contributed by atoms with E-state index in [9.17, 15) is 24.0 Å². The van der Waals surface area contributed by atoms with E-state index >= 15 is 0 Å². The third-order valence-electron chi connectivity index (χ3n) is 10.8. The lowest BCUT2D eigenvalue weighted by Gasteiger charge is -2.32. The van der Waals surface area contributed by atoms with Crippen LogP contribution in [0.2, 0.25) is 0 Å². The number of likely N-dealkylation sites (N-methyl/N-ethyl adjacent to an activating group) is 1. The summed E-state index contributed by atoms with van der Waals surface area (Å²) in [5.41, 5.74) is 22.2. The van der Waals surface area contributed by atoms with E-state index in [-0.39, 0.29) is 63.2 Å². The molecule has 0 unspecified atom stereocenters. The van der Waals surface area contributed by atoms with E-state index in [1.165, 1.54) is 30.6 Å². The highest BCUT2D eigenvalue weighted by Gasteiger charge is 2.36. The second-order valence-electron chi connectivity index (χ2n) is 17.3. The Morgan fingerprint density at radius 3 is 2.18 bits per heavy atom. The molecule has 18 heteroatoms. The van der Waals surface area contributed by atoms with Crippen LogP contribution in [0.15, 0.2) is 66.9 Å². The molecule has 4 aromatic rings. The average molecular weight is 904 g/mol. The maximum Gasteiger partial charge on any atom is 0.255 e. The van der Waals surface area contributed by atoms with Crippen LogP contribution in [0.3, 0.4) is 0 Å². The number of hydrogen-bond donors (Lipinski definition) is 7. The number of carbonyl (C=O) groups is 5. The predicted molar refractivity (Wildman–Crippen MR) is 249 cm³/mol. The number of aryl methyl sites for hydroxylation is 1. The number of nitrogens with two attached hydrogens (primary N) is 3. The third kappa shape index (κ3) is 12.9. The van der Waals surface area contributed by atoms with Crippen molar-refractivity contribution in [3.63, 3.8) is 0 Å². The Morgan fingerprint density at radius 2 is 1.58 bits per heavy atom. The molecule has 1 aromatic heterocycles. The van der Waals surface area contributed by atoms with Gasteiger partial charge in [0.05, 0.1) is 17.3 Å². The summed E-state index contributed by atoms with van der Waals surface area (Å²) in [5.74, 6) is -2.16. The maximum atomic E-state index is 14.7. The highest BCUT2D eigenvalue weighted by molar-refractivity contribution is 6.00. The Kier molecular flexibility index (Phi) is 17.3. The first-order chi connectivity index (χ1) is 31.5. The number of nitriles is 1. The van der Waals surface area contributed by atoms with Gasteiger partial charge in [-0.05, 0) is 79.6 Å². The van der Waals surface area contributed by atoms with Crippen LogP contribution in [0.1, 0.15) is 72.9 Å². The van der Waals surface area contributed by atoms with E-state index in [0.717, 1.165) is 12.0 Å². The van der Waals surface area contributed by atoms with Crippen molar-refractivity contribution in [2.75, 3.05) is 46.4 Å². The van der Waals surface area contributed by atoms with E-state index in [2.05, 4.69) is 52.0 Å². The van der Waals surface area contributed by atoms with Crippen LogP contribution in [0.4, 0.5) is 0 Å². The number of amides is 5. The summed E-state index contributed by atoms with van der Waals surface area (Å²) in [6, 6.07) is 15.0. The Morgan fingerprint density at radius 1 is 0.924 bits per heavy atom. The number of ether oxygens (including phenoxy) is 2. The van der Waals surface area contributed by atoms with Crippen molar-refractivity contribution in [2.45, 2.75) is 78.0 Å². The molecule has 0 saturated carbocycles. The molecule has 4 bridgehead atoms. The topological polar surface area (TPSA) is 283 Å². The second-order valence-corrected chi connectivity index (χ2v) is 17.3. The van der Waals surface area contributed by atoms with E-state index < -0.39 is 53.7 Å². The molecular weight excluding hydrogens is 843 g/mol. The molecule has 350 valence electrons. The van der Waals surface area contributed by atoms with Crippen molar-refractivity contribution >= 4 is 29.5 Å². The first-order valence-corrected chi connectivity index (χ1v) is 21.9. The summed E-state index contributed by atoms with van der Waals surface area (Å²) < 4.78 is 12.2. The molecule has 0 saturated heterocycles. The van der Waals surface area contributed by atoms with Gasteiger partial charge in [-0.25, -0.2) is 9.97 Å². The highest BCUT2D eigenvalue weighted by atomic mass is 16.5. The lowest BCUT2D eigenvalue weighted by Crippen LogP contribution is -2.56. The van der Waals surface area contributed by atoms with Crippen LogP contribution < -0.4 is 47.9 Å². The number of nitrogens with one attached hydrogen (secondary N) is 4. The van der Waals surface area contributed by atoms with Gasteiger partial charge in [-0.15, -0.1) is 0 Å². The number of benzene rings is 3. The fourth-order valence-corrected chi connectivity index (χ4v) is 7.58. The molecular formula is C48H61N11O7. The zero-order valence-corrected chi connectivity index (χ0v) is 38.4. The van der Waals surface area contributed by atoms with Crippen LogP contribution in [0.5, 0.6) is 11.5 Å². The molecule has 0 spiro atoms. The van der Waals surface area contributed by atoms with Gasteiger partial charge in [-0.2, -0.15) is 5.26 Å². The van der Waals surface area contributed by atoms with Crippen molar-refractivity contribution in [1.82, 2.24) is 36.1 Å². The molecule has 4 atom stereocenters. The zero-order chi connectivity index (χ0) is 48.1. The van der Waals surface area contributed by atoms with Crippen molar-refractivity contribution < 1.29 is 33.4 Å². The van der Waals surface area contributed by atoms with Gasteiger partial charge in [0, 0.05) is 49.4 Å². The molecule has 0 aliphatic carbocycles.